The van der Waals surface area contributed by atoms with Crippen LogP contribution in [0.25, 0.3) is 11.3 Å². The van der Waals surface area contributed by atoms with Gasteiger partial charge in [-0.2, -0.15) is 5.26 Å². The van der Waals surface area contributed by atoms with Crippen molar-refractivity contribution < 1.29 is 4.42 Å². The highest BCUT2D eigenvalue weighted by molar-refractivity contribution is 5.96. The standard InChI is InChI=1S/C15H14N2O/c1-2-14-12(8-9-18-14)15(17)13(10-16)11-6-4-3-5-7-11/h3-9H,2,17H2,1H3/b15-13+. The van der Waals surface area contributed by atoms with Crippen LogP contribution in [-0.2, 0) is 6.42 Å². The summed E-state index contributed by atoms with van der Waals surface area (Å²) in [5.74, 6) is 0.802. The van der Waals surface area contributed by atoms with Crippen molar-refractivity contribution in [3.8, 4) is 6.07 Å². The van der Waals surface area contributed by atoms with Crippen LogP contribution in [-0.4, -0.2) is 0 Å². The molecule has 0 aliphatic heterocycles. The summed E-state index contributed by atoms with van der Waals surface area (Å²) >= 11 is 0. The molecule has 0 spiro atoms. The summed E-state index contributed by atoms with van der Waals surface area (Å²) in [6.07, 6.45) is 2.34. The summed E-state index contributed by atoms with van der Waals surface area (Å²) < 4.78 is 5.34. The molecule has 1 heterocycles. The molecule has 0 aliphatic carbocycles. The smallest absolute Gasteiger partial charge is 0.112 e. The highest BCUT2D eigenvalue weighted by atomic mass is 16.3. The Morgan fingerprint density at radius 2 is 2.00 bits per heavy atom. The van der Waals surface area contributed by atoms with Gasteiger partial charge >= 0.3 is 0 Å². The second-order valence-electron chi connectivity index (χ2n) is 3.88. The van der Waals surface area contributed by atoms with Gasteiger partial charge in [0.25, 0.3) is 0 Å². The average molecular weight is 238 g/mol. The van der Waals surface area contributed by atoms with Crippen molar-refractivity contribution in [2.24, 2.45) is 5.73 Å². The van der Waals surface area contributed by atoms with E-state index < -0.39 is 0 Å². The molecular formula is C15H14N2O. The minimum absolute atomic E-state index is 0.467. The van der Waals surface area contributed by atoms with Crippen molar-refractivity contribution >= 4 is 11.3 Å². The third kappa shape index (κ3) is 2.14. The SMILES string of the molecule is CCc1occc1/C(N)=C(/C#N)c1ccccc1. The van der Waals surface area contributed by atoms with Gasteiger partial charge in [-0.15, -0.1) is 0 Å². The predicted molar refractivity (Wildman–Crippen MR) is 71.1 cm³/mol. The molecule has 3 heteroatoms. The molecule has 0 amide bonds. The van der Waals surface area contributed by atoms with E-state index in [1.54, 1.807) is 12.3 Å². The van der Waals surface area contributed by atoms with Crippen LogP contribution in [0.4, 0.5) is 0 Å². The van der Waals surface area contributed by atoms with E-state index >= 15 is 0 Å². The van der Waals surface area contributed by atoms with E-state index in [2.05, 4.69) is 6.07 Å². The fraction of sp³-hybridized carbons (Fsp3) is 0.133. The number of nitrogens with two attached hydrogens (primary N) is 1. The quantitative estimate of drug-likeness (QED) is 0.835. The maximum absolute atomic E-state index is 9.29. The maximum atomic E-state index is 9.29. The van der Waals surface area contributed by atoms with Crippen LogP contribution in [0.3, 0.4) is 0 Å². The first-order valence-corrected chi connectivity index (χ1v) is 5.80. The summed E-state index contributed by atoms with van der Waals surface area (Å²) in [4.78, 5) is 0. The number of nitriles is 1. The first kappa shape index (κ1) is 12.0. The van der Waals surface area contributed by atoms with Crippen molar-refractivity contribution in [2.75, 3.05) is 0 Å². The van der Waals surface area contributed by atoms with E-state index in [1.165, 1.54) is 0 Å². The second-order valence-corrected chi connectivity index (χ2v) is 3.88. The molecule has 0 saturated carbocycles. The lowest BCUT2D eigenvalue weighted by molar-refractivity contribution is 0.515. The zero-order valence-corrected chi connectivity index (χ0v) is 10.2. The van der Waals surface area contributed by atoms with Crippen LogP contribution in [0.15, 0.2) is 47.1 Å². The number of benzene rings is 1. The van der Waals surface area contributed by atoms with Crippen LogP contribution in [0.5, 0.6) is 0 Å². The maximum Gasteiger partial charge on any atom is 0.112 e. The van der Waals surface area contributed by atoms with Crippen LogP contribution < -0.4 is 5.73 Å². The molecule has 3 nitrogen and oxygen atoms in total. The molecule has 1 aromatic carbocycles. The number of hydrogen-bond donors (Lipinski definition) is 1. The largest absolute Gasteiger partial charge is 0.469 e. The van der Waals surface area contributed by atoms with Crippen molar-refractivity contribution in [1.29, 1.82) is 5.26 Å². The van der Waals surface area contributed by atoms with Crippen molar-refractivity contribution in [2.45, 2.75) is 13.3 Å². The fourth-order valence-corrected chi connectivity index (χ4v) is 1.87. The average Bonchev–Trinajstić information content (AvgIpc) is 2.89. The Hall–Kier alpha value is -2.47. The lowest BCUT2D eigenvalue weighted by atomic mass is 10.0. The lowest BCUT2D eigenvalue weighted by Crippen LogP contribution is -2.01. The molecule has 2 aromatic rings. The zero-order valence-electron chi connectivity index (χ0n) is 10.2. The molecule has 0 bridgehead atoms. The molecule has 0 saturated heterocycles. The Morgan fingerprint density at radius 3 is 2.61 bits per heavy atom. The summed E-state index contributed by atoms with van der Waals surface area (Å²) in [5, 5.41) is 9.29. The van der Waals surface area contributed by atoms with E-state index in [-0.39, 0.29) is 0 Å². The predicted octanol–water partition coefficient (Wildman–Crippen LogP) is 3.19. The zero-order chi connectivity index (χ0) is 13.0. The van der Waals surface area contributed by atoms with Gasteiger partial charge in [0.05, 0.1) is 17.5 Å². The number of nitrogens with zero attached hydrogens (tertiary/aromatic N) is 1. The minimum Gasteiger partial charge on any atom is -0.469 e. The van der Waals surface area contributed by atoms with Gasteiger partial charge in [-0.3, -0.25) is 0 Å². The van der Waals surface area contributed by atoms with Gasteiger partial charge in [0.1, 0.15) is 11.8 Å². The van der Waals surface area contributed by atoms with Crippen molar-refractivity contribution in [3.63, 3.8) is 0 Å². The first-order chi connectivity index (χ1) is 8.77. The Balaban J connectivity index is 2.55. The molecule has 2 N–H and O–H groups in total. The van der Waals surface area contributed by atoms with Gasteiger partial charge in [0.15, 0.2) is 0 Å². The molecule has 0 radical (unpaired) electrons. The van der Waals surface area contributed by atoms with Crippen LogP contribution >= 0.6 is 0 Å². The molecule has 0 unspecified atom stereocenters. The molecule has 18 heavy (non-hydrogen) atoms. The van der Waals surface area contributed by atoms with E-state index in [0.717, 1.165) is 23.3 Å². The van der Waals surface area contributed by atoms with Crippen LogP contribution in [0.2, 0.25) is 0 Å². The van der Waals surface area contributed by atoms with Gasteiger partial charge in [0.2, 0.25) is 0 Å². The molecule has 1 aromatic heterocycles. The molecule has 0 aliphatic rings. The van der Waals surface area contributed by atoms with Crippen LogP contribution in [0.1, 0.15) is 23.8 Å². The Bertz CT molecular complexity index is 603. The Labute approximate surface area is 106 Å². The van der Waals surface area contributed by atoms with Gasteiger partial charge < -0.3 is 10.2 Å². The summed E-state index contributed by atoms with van der Waals surface area (Å²) in [6.45, 7) is 1.99. The van der Waals surface area contributed by atoms with Crippen molar-refractivity contribution in [3.05, 3.63) is 59.5 Å². The van der Waals surface area contributed by atoms with Crippen LogP contribution in [0, 0.1) is 11.3 Å². The summed E-state index contributed by atoms with van der Waals surface area (Å²) in [6, 6.07) is 13.4. The topological polar surface area (TPSA) is 62.9 Å². The highest BCUT2D eigenvalue weighted by Crippen LogP contribution is 2.25. The monoisotopic (exact) mass is 238 g/mol. The van der Waals surface area contributed by atoms with Crippen molar-refractivity contribution in [1.82, 2.24) is 0 Å². The minimum atomic E-state index is 0.467. The molecule has 0 atom stereocenters. The summed E-state index contributed by atoms with van der Waals surface area (Å²) in [7, 11) is 0. The third-order valence-electron chi connectivity index (χ3n) is 2.80. The van der Waals surface area contributed by atoms with Gasteiger partial charge in [-0.05, 0) is 11.6 Å². The Morgan fingerprint density at radius 1 is 1.28 bits per heavy atom. The van der Waals surface area contributed by atoms with Gasteiger partial charge in [-0.1, -0.05) is 37.3 Å². The van der Waals surface area contributed by atoms with Gasteiger partial charge in [0, 0.05) is 12.0 Å². The number of hydrogen-bond acceptors (Lipinski definition) is 3. The molecular weight excluding hydrogens is 224 g/mol. The molecule has 2 rings (SSSR count). The second kappa shape index (κ2) is 5.24. The number of allylic oxidation sites excluding steroid dienone is 1. The number of furan rings is 1. The van der Waals surface area contributed by atoms with E-state index in [9.17, 15) is 5.26 Å². The third-order valence-corrected chi connectivity index (χ3v) is 2.80. The normalized spacial score (nSPS) is 11.8. The fourth-order valence-electron chi connectivity index (χ4n) is 1.87. The summed E-state index contributed by atoms with van der Waals surface area (Å²) in [5.41, 5.74) is 8.67. The molecule has 0 fully saturated rings. The van der Waals surface area contributed by atoms with Gasteiger partial charge in [-0.25, -0.2) is 0 Å². The number of aryl methyl sites for hydroxylation is 1. The molecule has 90 valence electrons. The first-order valence-electron chi connectivity index (χ1n) is 5.80. The number of rotatable bonds is 3. The van der Waals surface area contributed by atoms with E-state index in [0.29, 0.717) is 11.3 Å². The van der Waals surface area contributed by atoms with E-state index in [1.807, 2.05) is 37.3 Å². The highest BCUT2D eigenvalue weighted by Gasteiger charge is 2.13. The Kier molecular flexibility index (Phi) is 3.49. The lowest BCUT2D eigenvalue weighted by Gasteiger charge is -2.05. The van der Waals surface area contributed by atoms with E-state index in [4.69, 9.17) is 10.2 Å².